The van der Waals surface area contributed by atoms with E-state index in [1.807, 2.05) is 24.3 Å². The number of imide groups is 1. The minimum Gasteiger partial charge on any atom is -0.443 e. The van der Waals surface area contributed by atoms with Crippen molar-refractivity contribution in [2.45, 2.75) is 43.9 Å². The number of aliphatic hydroxyl groups excluding tert-OH is 1. The van der Waals surface area contributed by atoms with Crippen LogP contribution in [0.1, 0.15) is 48.1 Å². The third kappa shape index (κ3) is 3.32. The molecule has 3 atom stereocenters. The Hall–Kier alpha value is -2.73. The molecule has 2 aromatic carbocycles. The third-order valence-corrected chi connectivity index (χ3v) is 5.27. The van der Waals surface area contributed by atoms with Crippen molar-refractivity contribution in [2.75, 3.05) is 0 Å². The lowest BCUT2D eigenvalue weighted by atomic mass is 10.0. The average molecular weight is 369 g/mol. The number of nitrogens with zero attached hydrogens (tertiary/aromatic N) is 1. The highest BCUT2D eigenvalue weighted by Gasteiger charge is 2.49. The highest BCUT2D eigenvalue weighted by atomic mass is 19.1. The fourth-order valence-electron chi connectivity index (χ4n) is 3.92. The van der Waals surface area contributed by atoms with Crippen LogP contribution < -0.4 is 0 Å². The van der Waals surface area contributed by atoms with Gasteiger partial charge in [-0.25, -0.2) is 14.1 Å². The molecule has 6 heteroatoms. The Balaban J connectivity index is 1.38. The monoisotopic (exact) mass is 369 g/mol. The van der Waals surface area contributed by atoms with Crippen LogP contribution in [0.5, 0.6) is 0 Å². The van der Waals surface area contributed by atoms with Crippen LogP contribution in [0.4, 0.5) is 9.18 Å². The van der Waals surface area contributed by atoms with Gasteiger partial charge < -0.3 is 9.84 Å². The molecule has 140 valence electrons. The van der Waals surface area contributed by atoms with Crippen LogP contribution in [0.2, 0.25) is 0 Å². The molecule has 1 saturated heterocycles. The Labute approximate surface area is 156 Å². The number of benzene rings is 2. The van der Waals surface area contributed by atoms with Crippen molar-refractivity contribution in [2.24, 2.45) is 0 Å². The van der Waals surface area contributed by atoms with Crippen molar-refractivity contribution in [3.8, 4) is 0 Å². The van der Waals surface area contributed by atoms with Crippen LogP contribution >= 0.6 is 0 Å². The van der Waals surface area contributed by atoms with Crippen LogP contribution in [-0.4, -0.2) is 28.1 Å². The molecule has 4 rings (SSSR count). The first-order valence-electron chi connectivity index (χ1n) is 9.08. The Morgan fingerprint density at radius 1 is 1.22 bits per heavy atom. The second-order valence-corrected chi connectivity index (χ2v) is 6.99. The maximum Gasteiger partial charge on any atom is 0.417 e. The van der Waals surface area contributed by atoms with E-state index in [1.165, 1.54) is 29.2 Å². The van der Waals surface area contributed by atoms with Crippen molar-refractivity contribution in [1.29, 1.82) is 0 Å². The molecule has 0 aromatic heterocycles. The fraction of sp³-hybridized carbons (Fsp3) is 0.333. The van der Waals surface area contributed by atoms with Crippen LogP contribution in [0.25, 0.3) is 0 Å². The summed E-state index contributed by atoms with van der Waals surface area (Å²) < 4.78 is 18.3. The first kappa shape index (κ1) is 17.7. The average Bonchev–Trinajstić information content (AvgIpc) is 3.16. The minimum absolute atomic E-state index is 0.138. The smallest absolute Gasteiger partial charge is 0.417 e. The van der Waals surface area contributed by atoms with E-state index in [0.717, 1.165) is 11.1 Å². The molecule has 1 fully saturated rings. The quantitative estimate of drug-likeness (QED) is 0.873. The summed E-state index contributed by atoms with van der Waals surface area (Å²) in [6.45, 7) is 0. The predicted molar refractivity (Wildman–Crippen MR) is 95.2 cm³/mol. The van der Waals surface area contributed by atoms with E-state index < -0.39 is 12.2 Å². The van der Waals surface area contributed by atoms with Gasteiger partial charge in [0, 0.05) is 12.8 Å². The minimum atomic E-state index is -0.774. The summed E-state index contributed by atoms with van der Waals surface area (Å²) in [5, 5.41) is 10.2. The summed E-state index contributed by atoms with van der Waals surface area (Å²) in [7, 11) is 0. The molecule has 2 amide bonds. The largest absolute Gasteiger partial charge is 0.443 e. The van der Waals surface area contributed by atoms with Crippen molar-refractivity contribution in [1.82, 2.24) is 4.90 Å². The van der Waals surface area contributed by atoms with Crippen molar-refractivity contribution >= 4 is 12.0 Å². The number of hydrogen-bond acceptors (Lipinski definition) is 4. The van der Waals surface area contributed by atoms with Gasteiger partial charge in [-0.1, -0.05) is 36.4 Å². The lowest BCUT2D eigenvalue weighted by Gasteiger charge is -2.20. The number of hydrogen-bond donors (Lipinski definition) is 1. The fourth-order valence-corrected chi connectivity index (χ4v) is 3.92. The lowest BCUT2D eigenvalue weighted by Crippen LogP contribution is -2.34. The zero-order valence-corrected chi connectivity index (χ0v) is 14.7. The lowest BCUT2D eigenvalue weighted by molar-refractivity contribution is -0.129. The first-order valence-corrected chi connectivity index (χ1v) is 9.08. The number of carbonyl (C=O) groups is 2. The standard InChI is InChI=1S/C21H20FNO4/c22-15-10-8-13(9-11-15)17(24)6-3-7-19(25)23-20-16-5-2-1-4-14(16)12-18(20)27-21(23)26/h1-2,4-5,8-11,17-18,20,24H,3,6-7,12H2. The number of ether oxygens (including phenoxy) is 1. The zero-order chi connectivity index (χ0) is 19.0. The SMILES string of the molecule is O=C(CCCC(O)c1ccc(F)cc1)N1C(=O)OC2Cc3ccccc3C21. The van der Waals surface area contributed by atoms with E-state index in [2.05, 4.69) is 0 Å². The van der Waals surface area contributed by atoms with Crippen LogP contribution in [-0.2, 0) is 16.0 Å². The highest BCUT2D eigenvalue weighted by molar-refractivity contribution is 5.94. The summed E-state index contributed by atoms with van der Waals surface area (Å²) in [6.07, 6.45) is -0.153. The summed E-state index contributed by atoms with van der Waals surface area (Å²) in [4.78, 5) is 26.1. The van der Waals surface area contributed by atoms with E-state index in [0.29, 0.717) is 24.8 Å². The molecule has 27 heavy (non-hydrogen) atoms. The normalized spacial score (nSPS) is 21.6. The Morgan fingerprint density at radius 3 is 2.74 bits per heavy atom. The number of amides is 2. The van der Waals surface area contributed by atoms with Gasteiger partial charge in [0.05, 0.1) is 6.10 Å². The van der Waals surface area contributed by atoms with Gasteiger partial charge in [0.1, 0.15) is 18.0 Å². The Morgan fingerprint density at radius 2 is 1.96 bits per heavy atom. The molecule has 0 saturated carbocycles. The number of fused-ring (bicyclic) bond motifs is 3. The molecule has 0 spiro atoms. The Kier molecular flexibility index (Phi) is 4.66. The highest BCUT2D eigenvalue weighted by Crippen LogP contribution is 2.42. The number of carbonyl (C=O) groups excluding carboxylic acids is 2. The topological polar surface area (TPSA) is 66.8 Å². The molecule has 1 heterocycles. The second-order valence-electron chi connectivity index (χ2n) is 6.99. The van der Waals surface area contributed by atoms with Gasteiger partial charge in [0.25, 0.3) is 0 Å². The van der Waals surface area contributed by atoms with E-state index in [1.54, 1.807) is 0 Å². The summed E-state index contributed by atoms with van der Waals surface area (Å²) >= 11 is 0. The van der Waals surface area contributed by atoms with Gasteiger partial charge in [-0.05, 0) is 41.7 Å². The maximum atomic E-state index is 13.0. The van der Waals surface area contributed by atoms with Crippen LogP contribution in [0.3, 0.4) is 0 Å². The van der Waals surface area contributed by atoms with E-state index in [4.69, 9.17) is 4.74 Å². The van der Waals surface area contributed by atoms with E-state index in [9.17, 15) is 19.1 Å². The first-order chi connectivity index (χ1) is 13.0. The van der Waals surface area contributed by atoms with Crippen LogP contribution in [0, 0.1) is 5.82 Å². The summed E-state index contributed by atoms with van der Waals surface area (Å²) in [5.74, 6) is -0.657. The van der Waals surface area contributed by atoms with E-state index in [-0.39, 0.29) is 30.3 Å². The molecule has 0 bridgehead atoms. The van der Waals surface area contributed by atoms with Crippen molar-refractivity contribution < 1.29 is 23.8 Å². The number of rotatable bonds is 5. The molecule has 2 aliphatic rings. The molecule has 5 nitrogen and oxygen atoms in total. The molecule has 3 unspecified atom stereocenters. The number of aliphatic hydroxyl groups is 1. The molecular formula is C21H20FNO4. The van der Waals surface area contributed by atoms with Gasteiger partial charge in [0.2, 0.25) is 5.91 Å². The van der Waals surface area contributed by atoms with Gasteiger partial charge >= 0.3 is 6.09 Å². The van der Waals surface area contributed by atoms with Crippen LogP contribution in [0.15, 0.2) is 48.5 Å². The van der Waals surface area contributed by atoms with Crippen molar-refractivity contribution in [3.05, 3.63) is 71.0 Å². The van der Waals surface area contributed by atoms with Gasteiger partial charge in [-0.3, -0.25) is 4.79 Å². The molecular weight excluding hydrogens is 349 g/mol. The predicted octanol–water partition coefficient (Wildman–Crippen LogP) is 3.67. The third-order valence-electron chi connectivity index (χ3n) is 5.27. The molecule has 1 aliphatic carbocycles. The molecule has 2 aromatic rings. The molecule has 1 aliphatic heterocycles. The van der Waals surface area contributed by atoms with Gasteiger partial charge in [0.15, 0.2) is 0 Å². The van der Waals surface area contributed by atoms with Gasteiger partial charge in [-0.15, -0.1) is 0 Å². The van der Waals surface area contributed by atoms with Crippen molar-refractivity contribution in [3.63, 3.8) is 0 Å². The number of halogens is 1. The molecule has 1 N–H and O–H groups in total. The maximum absolute atomic E-state index is 13.0. The van der Waals surface area contributed by atoms with Gasteiger partial charge in [-0.2, -0.15) is 0 Å². The second kappa shape index (κ2) is 7.12. The summed E-state index contributed by atoms with van der Waals surface area (Å²) in [6, 6.07) is 13.0. The molecule has 0 radical (unpaired) electrons. The zero-order valence-electron chi connectivity index (χ0n) is 14.7. The summed E-state index contributed by atoms with van der Waals surface area (Å²) in [5.41, 5.74) is 2.67. The Bertz CT molecular complexity index is 867. The van der Waals surface area contributed by atoms with E-state index >= 15 is 0 Å².